The molecule has 0 radical (unpaired) electrons. The second-order valence-electron chi connectivity index (χ2n) is 9.12. The number of esters is 2. The number of hydrogen-bond acceptors (Lipinski definition) is 10. The van der Waals surface area contributed by atoms with Gasteiger partial charge in [0.15, 0.2) is 0 Å². The summed E-state index contributed by atoms with van der Waals surface area (Å²) < 4.78 is 12.3. The first-order valence-corrected chi connectivity index (χ1v) is 11.8. The highest BCUT2D eigenvalue weighted by atomic mass is 16.6. The first kappa shape index (κ1) is 25.0. The number of nitro groups is 1. The molecule has 196 valence electrons. The van der Waals surface area contributed by atoms with E-state index in [-0.39, 0.29) is 49.2 Å². The van der Waals surface area contributed by atoms with Crippen LogP contribution in [0.4, 0.5) is 5.69 Å². The van der Waals surface area contributed by atoms with E-state index < -0.39 is 40.0 Å². The highest BCUT2D eigenvalue weighted by Gasteiger charge is 2.50. The molecule has 2 aromatic heterocycles. The van der Waals surface area contributed by atoms with Gasteiger partial charge in [0, 0.05) is 23.6 Å². The van der Waals surface area contributed by atoms with Crippen LogP contribution in [0.1, 0.15) is 42.9 Å². The monoisotopic (exact) mass is 522 g/mol. The van der Waals surface area contributed by atoms with E-state index in [9.17, 15) is 29.3 Å². The lowest BCUT2D eigenvalue weighted by Crippen LogP contribution is -2.47. The molecule has 13 nitrogen and oxygen atoms in total. The molecular formula is C25H22N4O9. The number of carbonyl (C=O) groups is 3. The number of hydrogen-bond donors (Lipinski definition) is 2. The maximum atomic E-state index is 13.5. The second-order valence-corrected chi connectivity index (χ2v) is 9.12. The van der Waals surface area contributed by atoms with Gasteiger partial charge in [0.1, 0.15) is 12.6 Å². The standard InChI is InChI=1S/C25H22N4O9/c1-2-25(38-20(30)7-6-16(26)23(32)33)15-9-19-21-12(10-28(19)22(31)14(15)11-37-24(25)34)8-13-17(27-21)4-3-5-18(13)29(35)36/h3-5,8-9,16H,2,6-7,10-11,26H2,1H3,(H,32,33)/t16-,25?/m0/s1. The third-order valence-corrected chi connectivity index (χ3v) is 6.96. The van der Waals surface area contributed by atoms with Crippen molar-refractivity contribution in [2.45, 2.75) is 51.0 Å². The molecule has 0 saturated carbocycles. The predicted molar refractivity (Wildman–Crippen MR) is 130 cm³/mol. The summed E-state index contributed by atoms with van der Waals surface area (Å²) in [5, 5.41) is 20.8. The van der Waals surface area contributed by atoms with Gasteiger partial charge in [-0.3, -0.25) is 24.5 Å². The molecule has 0 amide bonds. The van der Waals surface area contributed by atoms with Crippen molar-refractivity contribution in [3.8, 4) is 11.4 Å². The van der Waals surface area contributed by atoms with Gasteiger partial charge in [-0.25, -0.2) is 9.78 Å². The molecule has 1 unspecified atom stereocenters. The fourth-order valence-electron chi connectivity index (χ4n) is 4.95. The number of cyclic esters (lactones) is 1. The summed E-state index contributed by atoms with van der Waals surface area (Å²) in [5.74, 6) is -3.00. The third-order valence-electron chi connectivity index (χ3n) is 6.96. The van der Waals surface area contributed by atoms with E-state index in [1.165, 1.54) is 16.7 Å². The second kappa shape index (κ2) is 9.03. The number of carbonyl (C=O) groups excluding carboxylic acids is 2. The lowest BCUT2D eigenvalue weighted by atomic mass is 9.85. The SMILES string of the molecule is CCC1(OC(=O)CC[C@H](N)C(=O)O)C(=O)OCc2c1cc1n(c2=O)Cc2cc3c([N+](=O)[O-])cccc3nc2-1. The van der Waals surface area contributed by atoms with E-state index in [2.05, 4.69) is 4.98 Å². The van der Waals surface area contributed by atoms with Crippen molar-refractivity contribution in [1.29, 1.82) is 0 Å². The van der Waals surface area contributed by atoms with Crippen molar-refractivity contribution in [2.24, 2.45) is 5.73 Å². The van der Waals surface area contributed by atoms with E-state index in [4.69, 9.17) is 20.3 Å². The Balaban J connectivity index is 1.61. The number of carboxylic acid groups (broad SMARTS) is 1. The van der Waals surface area contributed by atoms with Crippen molar-refractivity contribution in [2.75, 3.05) is 0 Å². The number of aromatic nitrogens is 2. The molecule has 38 heavy (non-hydrogen) atoms. The van der Waals surface area contributed by atoms with Crippen LogP contribution < -0.4 is 11.3 Å². The van der Waals surface area contributed by atoms with Crippen molar-refractivity contribution in [3.05, 3.63) is 67.5 Å². The van der Waals surface area contributed by atoms with Gasteiger partial charge in [0.25, 0.3) is 11.2 Å². The average molecular weight is 522 g/mol. The maximum absolute atomic E-state index is 13.5. The van der Waals surface area contributed by atoms with Gasteiger partial charge < -0.3 is 24.9 Å². The van der Waals surface area contributed by atoms with Gasteiger partial charge in [-0.2, -0.15) is 0 Å². The molecule has 0 saturated heterocycles. The molecule has 2 aliphatic heterocycles. The van der Waals surface area contributed by atoms with Gasteiger partial charge in [-0.1, -0.05) is 13.0 Å². The van der Waals surface area contributed by atoms with Gasteiger partial charge >= 0.3 is 17.9 Å². The summed E-state index contributed by atoms with van der Waals surface area (Å²) in [4.78, 5) is 65.8. The number of pyridine rings is 2. The molecule has 0 spiro atoms. The Morgan fingerprint density at radius 3 is 2.79 bits per heavy atom. The Morgan fingerprint density at radius 1 is 1.34 bits per heavy atom. The van der Waals surface area contributed by atoms with E-state index in [0.717, 1.165) is 0 Å². The molecule has 4 heterocycles. The number of benzene rings is 1. The number of nitro benzene ring substituents is 1. The summed E-state index contributed by atoms with van der Waals surface area (Å²) in [6.07, 6.45) is -0.626. The van der Waals surface area contributed by atoms with Crippen molar-refractivity contribution >= 4 is 34.5 Å². The summed E-state index contributed by atoms with van der Waals surface area (Å²) in [7, 11) is 0. The lowest BCUT2D eigenvalue weighted by Gasteiger charge is -2.35. The van der Waals surface area contributed by atoms with E-state index >= 15 is 0 Å². The smallest absolute Gasteiger partial charge is 0.355 e. The van der Waals surface area contributed by atoms with E-state index in [1.807, 2.05) is 0 Å². The Morgan fingerprint density at radius 2 is 2.11 bits per heavy atom. The predicted octanol–water partition coefficient (Wildman–Crippen LogP) is 1.73. The number of fused-ring (bicyclic) bond motifs is 5. The topological polar surface area (TPSA) is 194 Å². The van der Waals surface area contributed by atoms with Crippen molar-refractivity contribution < 1.29 is 33.9 Å². The molecule has 1 aromatic carbocycles. The zero-order chi connectivity index (χ0) is 27.4. The van der Waals surface area contributed by atoms with Crippen LogP contribution >= 0.6 is 0 Å². The van der Waals surface area contributed by atoms with Crippen LogP contribution in [0.3, 0.4) is 0 Å². The normalized spacial score (nSPS) is 18.2. The minimum Gasteiger partial charge on any atom is -0.480 e. The lowest BCUT2D eigenvalue weighted by molar-refractivity contribution is -0.383. The number of aliphatic carboxylic acids is 1. The molecule has 0 aliphatic carbocycles. The Bertz CT molecular complexity index is 1610. The van der Waals surface area contributed by atoms with Gasteiger partial charge in [-0.15, -0.1) is 0 Å². The van der Waals surface area contributed by atoms with Gasteiger partial charge in [0.2, 0.25) is 5.60 Å². The fourth-order valence-corrected chi connectivity index (χ4v) is 4.95. The number of non-ortho nitro benzene ring substituents is 1. The first-order chi connectivity index (χ1) is 18.1. The highest BCUT2D eigenvalue weighted by Crippen LogP contribution is 2.41. The largest absolute Gasteiger partial charge is 0.480 e. The molecule has 0 fully saturated rings. The number of ether oxygens (including phenoxy) is 2. The van der Waals surface area contributed by atoms with Crippen molar-refractivity contribution in [3.63, 3.8) is 0 Å². The number of nitrogens with zero attached hydrogens (tertiary/aromatic N) is 3. The van der Waals surface area contributed by atoms with Crippen LogP contribution in [0.2, 0.25) is 0 Å². The fraction of sp³-hybridized carbons (Fsp3) is 0.320. The van der Waals surface area contributed by atoms with Crippen LogP contribution in [-0.2, 0) is 42.6 Å². The van der Waals surface area contributed by atoms with Crippen LogP contribution in [-0.4, -0.2) is 43.5 Å². The summed E-state index contributed by atoms with van der Waals surface area (Å²) in [6, 6.07) is 6.42. The first-order valence-electron chi connectivity index (χ1n) is 11.8. The zero-order valence-corrected chi connectivity index (χ0v) is 20.1. The summed E-state index contributed by atoms with van der Waals surface area (Å²) in [5.41, 5.74) is 4.99. The highest BCUT2D eigenvalue weighted by molar-refractivity contribution is 5.92. The van der Waals surface area contributed by atoms with E-state index in [1.54, 1.807) is 25.1 Å². The van der Waals surface area contributed by atoms with Gasteiger partial charge in [-0.05, 0) is 31.0 Å². The molecule has 13 heteroatoms. The quantitative estimate of drug-likeness (QED) is 0.204. The number of nitrogens with two attached hydrogens (primary N) is 1. The molecule has 3 aromatic rings. The van der Waals surface area contributed by atoms with Crippen molar-refractivity contribution in [1.82, 2.24) is 9.55 Å². The van der Waals surface area contributed by atoms with Crippen LogP contribution in [0.5, 0.6) is 0 Å². The van der Waals surface area contributed by atoms with Crippen LogP contribution in [0.15, 0.2) is 35.1 Å². The number of rotatable bonds is 7. The average Bonchev–Trinajstić information content (AvgIpc) is 3.25. The molecule has 2 aliphatic rings. The van der Waals surface area contributed by atoms with Crippen LogP contribution in [0, 0.1) is 10.1 Å². The summed E-state index contributed by atoms with van der Waals surface area (Å²) >= 11 is 0. The third kappa shape index (κ3) is 3.78. The Labute approximate surface area is 213 Å². The van der Waals surface area contributed by atoms with E-state index in [0.29, 0.717) is 27.9 Å². The summed E-state index contributed by atoms with van der Waals surface area (Å²) in [6.45, 7) is 1.37. The molecule has 5 rings (SSSR count). The maximum Gasteiger partial charge on any atom is 0.355 e. The molecule has 2 atom stereocenters. The minimum absolute atomic E-state index is 0.0529. The van der Waals surface area contributed by atoms with Gasteiger partial charge in [0.05, 0.1) is 39.3 Å². The minimum atomic E-state index is -1.93. The molecule has 3 N–H and O–H groups in total. The molecular weight excluding hydrogens is 500 g/mol. The van der Waals surface area contributed by atoms with Crippen LogP contribution in [0.25, 0.3) is 22.3 Å². The number of carboxylic acids is 1. The Hall–Kier alpha value is -4.65. The zero-order valence-electron chi connectivity index (χ0n) is 20.1. The molecule has 0 bridgehead atoms. The Kier molecular flexibility index (Phi) is 5.94.